The summed E-state index contributed by atoms with van der Waals surface area (Å²) in [5, 5.41) is 9.92. The van der Waals surface area contributed by atoms with Crippen LogP contribution < -0.4 is 0 Å². The van der Waals surface area contributed by atoms with E-state index in [2.05, 4.69) is 18.8 Å². The molecule has 0 fully saturated rings. The van der Waals surface area contributed by atoms with Gasteiger partial charge in [-0.3, -0.25) is 0 Å². The van der Waals surface area contributed by atoms with Crippen LogP contribution in [0, 0.1) is 5.92 Å². The molecule has 0 atom stereocenters. The smallest absolute Gasteiger partial charge is 0.337 e. The van der Waals surface area contributed by atoms with Crippen LogP contribution in [0.25, 0.3) is 10.9 Å². The molecule has 108 valence electrons. The standard InChI is InChI=1S/C14H17NO4S/c1-8(2)4-9-7-15-13-11(9)5-10(20(3,18)19)6-12(13)14(16)17/h5-8,15H,4H2,1-3H3,(H,16,17). The predicted octanol–water partition coefficient (Wildman–Crippen LogP) is 2.47. The molecular formula is C14H17NO4S. The zero-order valence-corrected chi connectivity index (χ0v) is 12.4. The monoisotopic (exact) mass is 295 g/mol. The Morgan fingerprint density at radius 1 is 1.35 bits per heavy atom. The molecule has 0 saturated heterocycles. The van der Waals surface area contributed by atoms with Crippen molar-refractivity contribution in [3.05, 3.63) is 29.5 Å². The molecule has 20 heavy (non-hydrogen) atoms. The van der Waals surface area contributed by atoms with Crippen LogP contribution in [0.5, 0.6) is 0 Å². The second-order valence-corrected chi connectivity index (χ2v) is 7.40. The molecule has 0 saturated carbocycles. The Morgan fingerprint density at radius 2 is 2.00 bits per heavy atom. The molecule has 1 aromatic heterocycles. The van der Waals surface area contributed by atoms with Gasteiger partial charge in [0.25, 0.3) is 0 Å². The van der Waals surface area contributed by atoms with E-state index >= 15 is 0 Å². The van der Waals surface area contributed by atoms with Crippen LogP contribution in [0.3, 0.4) is 0 Å². The largest absolute Gasteiger partial charge is 0.478 e. The molecule has 6 heteroatoms. The van der Waals surface area contributed by atoms with E-state index in [1.165, 1.54) is 6.07 Å². The lowest BCUT2D eigenvalue weighted by atomic mass is 10.0. The first-order chi connectivity index (χ1) is 9.20. The predicted molar refractivity (Wildman–Crippen MR) is 76.9 cm³/mol. The Morgan fingerprint density at radius 3 is 2.50 bits per heavy atom. The number of rotatable bonds is 4. The SMILES string of the molecule is CC(C)Cc1c[nH]c2c(C(=O)O)cc(S(C)(=O)=O)cc12. The van der Waals surface area contributed by atoms with Crippen molar-refractivity contribution in [2.45, 2.75) is 25.2 Å². The van der Waals surface area contributed by atoms with Gasteiger partial charge in [0.05, 0.1) is 16.0 Å². The van der Waals surface area contributed by atoms with Crippen LogP contribution >= 0.6 is 0 Å². The van der Waals surface area contributed by atoms with Gasteiger partial charge in [-0.2, -0.15) is 0 Å². The second-order valence-electron chi connectivity index (χ2n) is 5.38. The van der Waals surface area contributed by atoms with Gasteiger partial charge < -0.3 is 10.1 Å². The third-order valence-corrected chi connectivity index (χ3v) is 4.23. The lowest BCUT2D eigenvalue weighted by molar-refractivity contribution is 0.0698. The fourth-order valence-corrected chi connectivity index (χ4v) is 2.92. The first-order valence-corrected chi connectivity index (χ1v) is 8.16. The third kappa shape index (κ3) is 2.70. The van der Waals surface area contributed by atoms with Crippen molar-refractivity contribution in [3.63, 3.8) is 0 Å². The maximum atomic E-state index is 11.7. The number of sulfone groups is 1. The van der Waals surface area contributed by atoms with Gasteiger partial charge in [0, 0.05) is 17.8 Å². The number of fused-ring (bicyclic) bond motifs is 1. The van der Waals surface area contributed by atoms with E-state index in [9.17, 15) is 18.3 Å². The lowest BCUT2D eigenvalue weighted by Crippen LogP contribution is -2.03. The summed E-state index contributed by atoms with van der Waals surface area (Å²) < 4.78 is 23.4. The number of nitrogens with one attached hydrogen (secondary N) is 1. The quantitative estimate of drug-likeness (QED) is 0.907. The average Bonchev–Trinajstić information content (AvgIpc) is 2.69. The molecule has 0 unspecified atom stereocenters. The van der Waals surface area contributed by atoms with E-state index in [0.717, 1.165) is 18.2 Å². The summed E-state index contributed by atoms with van der Waals surface area (Å²) in [4.78, 5) is 14.3. The van der Waals surface area contributed by atoms with Gasteiger partial charge in [0.2, 0.25) is 0 Å². The summed E-state index contributed by atoms with van der Waals surface area (Å²) in [6.45, 7) is 4.11. The molecule has 1 heterocycles. The normalized spacial score (nSPS) is 12.2. The molecule has 0 amide bonds. The van der Waals surface area contributed by atoms with E-state index in [0.29, 0.717) is 16.8 Å². The van der Waals surface area contributed by atoms with Crippen molar-refractivity contribution in [1.29, 1.82) is 0 Å². The van der Waals surface area contributed by atoms with Gasteiger partial charge in [-0.05, 0) is 30.0 Å². The number of carboxylic acids is 1. The molecule has 0 aliphatic rings. The Labute approximate surface area is 117 Å². The molecule has 0 aliphatic carbocycles. The molecule has 0 aliphatic heterocycles. The Balaban J connectivity index is 2.78. The van der Waals surface area contributed by atoms with Gasteiger partial charge in [0.1, 0.15) is 0 Å². The lowest BCUT2D eigenvalue weighted by Gasteiger charge is -2.06. The fourth-order valence-electron chi connectivity index (χ4n) is 2.25. The highest BCUT2D eigenvalue weighted by Gasteiger charge is 2.18. The van der Waals surface area contributed by atoms with Crippen LogP contribution in [0.2, 0.25) is 0 Å². The van der Waals surface area contributed by atoms with E-state index in [4.69, 9.17) is 0 Å². The number of benzene rings is 1. The van der Waals surface area contributed by atoms with Gasteiger partial charge in [-0.1, -0.05) is 13.8 Å². The average molecular weight is 295 g/mol. The van der Waals surface area contributed by atoms with Crippen molar-refractivity contribution < 1.29 is 18.3 Å². The second kappa shape index (κ2) is 4.94. The van der Waals surface area contributed by atoms with E-state index in [1.54, 1.807) is 12.3 Å². The summed E-state index contributed by atoms with van der Waals surface area (Å²) in [6, 6.07) is 2.75. The topological polar surface area (TPSA) is 87.2 Å². The zero-order valence-electron chi connectivity index (χ0n) is 11.6. The highest BCUT2D eigenvalue weighted by atomic mass is 32.2. The molecule has 2 N–H and O–H groups in total. The van der Waals surface area contributed by atoms with E-state index in [1.807, 2.05) is 0 Å². The minimum absolute atomic E-state index is 0.0158. The van der Waals surface area contributed by atoms with Gasteiger partial charge in [0.15, 0.2) is 9.84 Å². The van der Waals surface area contributed by atoms with Crippen LogP contribution in [0.15, 0.2) is 23.2 Å². The number of hydrogen-bond acceptors (Lipinski definition) is 3. The number of aromatic amines is 1. The summed E-state index contributed by atoms with van der Waals surface area (Å²) in [6.07, 6.45) is 3.59. The molecule has 5 nitrogen and oxygen atoms in total. The summed E-state index contributed by atoms with van der Waals surface area (Å²) in [7, 11) is -3.45. The first kappa shape index (κ1) is 14.6. The van der Waals surface area contributed by atoms with E-state index in [-0.39, 0.29) is 10.5 Å². The molecule has 2 rings (SSSR count). The Hall–Kier alpha value is -1.82. The number of aromatic nitrogens is 1. The highest BCUT2D eigenvalue weighted by Crippen LogP contribution is 2.27. The number of H-pyrrole nitrogens is 1. The Kier molecular flexibility index (Phi) is 3.60. The fraction of sp³-hybridized carbons (Fsp3) is 0.357. The maximum Gasteiger partial charge on any atom is 0.337 e. The number of carbonyl (C=O) groups is 1. The Bertz CT molecular complexity index is 772. The van der Waals surface area contributed by atoms with Crippen LogP contribution in [0.4, 0.5) is 0 Å². The zero-order chi connectivity index (χ0) is 15.1. The van der Waals surface area contributed by atoms with Crippen LogP contribution in [-0.2, 0) is 16.3 Å². The van der Waals surface area contributed by atoms with Gasteiger partial charge >= 0.3 is 5.97 Å². The molecular weight excluding hydrogens is 278 g/mol. The van der Waals surface area contributed by atoms with Crippen LogP contribution in [0.1, 0.15) is 29.8 Å². The molecule has 1 aromatic carbocycles. The molecule has 0 spiro atoms. The van der Waals surface area contributed by atoms with Crippen molar-refractivity contribution >= 4 is 26.7 Å². The van der Waals surface area contributed by atoms with Gasteiger partial charge in [-0.15, -0.1) is 0 Å². The van der Waals surface area contributed by atoms with Crippen molar-refractivity contribution in [2.75, 3.05) is 6.26 Å². The van der Waals surface area contributed by atoms with E-state index < -0.39 is 15.8 Å². The molecule has 0 bridgehead atoms. The maximum absolute atomic E-state index is 11.7. The number of hydrogen-bond donors (Lipinski definition) is 2. The molecule has 2 aromatic rings. The summed E-state index contributed by atoms with van der Waals surface area (Å²) >= 11 is 0. The molecule has 0 radical (unpaired) electrons. The number of aromatic carboxylic acids is 1. The first-order valence-electron chi connectivity index (χ1n) is 6.27. The summed E-state index contributed by atoms with van der Waals surface area (Å²) in [5.41, 5.74) is 1.39. The minimum Gasteiger partial charge on any atom is -0.478 e. The van der Waals surface area contributed by atoms with Crippen LogP contribution in [-0.4, -0.2) is 30.7 Å². The van der Waals surface area contributed by atoms with Crippen molar-refractivity contribution in [3.8, 4) is 0 Å². The highest BCUT2D eigenvalue weighted by molar-refractivity contribution is 7.90. The summed E-state index contributed by atoms with van der Waals surface area (Å²) in [5.74, 6) is -0.748. The van der Waals surface area contributed by atoms with Crippen molar-refractivity contribution in [2.24, 2.45) is 5.92 Å². The van der Waals surface area contributed by atoms with Gasteiger partial charge in [-0.25, -0.2) is 13.2 Å². The number of carboxylic acid groups (broad SMARTS) is 1. The van der Waals surface area contributed by atoms with Crippen molar-refractivity contribution in [1.82, 2.24) is 4.98 Å². The third-order valence-electron chi connectivity index (χ3n) is 3.14. The minimum atomic E-state index is -3.45.